The smallest absolute Gasteiger partial charge is 0.242 e. The molecular weight excluding hydrogens is 323 g/mol. The molecule has 0 saturated carbocycles. The number of allylic oxidation sites excluding steroid dienone is 3. The minimum absolute atomic E-state index is 0.205. The lowest BCUT2D eigenvalue weighted by molar-refractivity contribution is -0.118. The molecule has 0 radical (unpaired) electrons. The number of ketones is 2. The molecule has 0 unspecified atom stereocenters. The van der Waals surface area contributed by atoms with Gasteiger partial charge in [-0.1, -0.05) is 65.1 Å². The molecule has 2 rings (SSSR count). The number of halogens is 3. The van der Waals surface area contributed by atoms with Crippen molar-refractivity contribution < 1.29 is 14.3 Å². The van der Waals surface area contributed by atoms with Crippen LogP contribution in [-0.2, 0) is 20.7 Å². The molecule has 1 aliphatic carbocycles. The van der Waals surface area contributed by atoms with Crippen molar-refractivity contribution in [1.82, 2.24) is 0 Å². The Bertz CT molecular complexity index is 618. The summed E-state index contributed by atoms with van der Waals surface area (Å²) in [5.41, 5.74) is 1.04. The predicted molar refractivity (Wildman–Crippen MR) is 77.7 cm³/mol. The van der Waals surface area contributed by atoms with E-state index in [-0.39, 0.29) is 27.5 Å². The minimum atomic E-state index is -0.701. The van der Waals surface area contributed by atoms with Gasteiger partial charge in [0, 0.05) is 6.42 Å². The number of hydrogen-bond donors (Lipinski definition) is 0. The molecule has 0 saturated heterocycles. The summed E-state index contributed by atoms with van der Waals surface area (Å²) in [5.74, 6) is -1.62. The SMILES string of the molecule is O=C1C(Cl)=C(Cl)C(=O)C(OCCc2ccccc2)=C1Cl. The predicted octanol–water partition coefficient (Wildman–Crippen LogP) is 3.54. The molecule has 0 spiro atoms. The van der Waals surface area contributed by atoms with Gasteiger partial charge in [-0.05, 0) is 5.56 Å². The molecule has 1 aromatic rings. The summed E-state index contributed by atoms with van der Waals surface area (Å²) in [6, 6.07) is 9.56. The van der Waals surface area contributed by atoms with Crippen LogP contribution in [0.2, 0.25) is 0 Å². The first-order chi connectivity index (χ1) is 9.52. The lowest BCUT2D eigenvalue weighted by atomic mass is 10.1. The molecule has 0 amide bonds. The monoisotopic (exact) mass is 330 g/mol. The molecule has 1 aliphatic rings. The zero-order valence-electron chi connectivity index (χ0n) is 10.2. The topological polar surface area (TPSA) is 43.4 Å². The molecule has 3 nitrogen and oxygen atoms in total. The molecule has 0 aromatic heterocycles. The van der Waals surface area contributed by atoms with E-state index < -0.39 is 11.6 Å². The van der Waals surface area contributed by atoms with Crippen molar-refractivity contribution in [2.45, 2.75) is 6.42 Å². The molecule has 0 heterocycles. The second-order valence-electron chi connectivity index (χ2n) is 4.01. The largest absolute Gasteiger partial charge is 0.488 e. The van der Waals surface area contributed by atoms with Gasteiger partial charge in [-0.25, -0.2) is 0 Å². The maximum atomic E-state index is 11.8. The van der Waals surface area contributed by atoms with Gasteiger partial charge >= 0.3 is 0 Å². The third-order valence-electron chi connectivity index (χ3n) is 2.68. The van der Waals surface area contributed by atoms with E-state index in [0.29, 0.717) is 6.42 Å². The first-order valence-electron chi connectivity index (χ1n) is 5.73. The average Bonchev–Trinajstić information content (AvgIpc) is 2.48. The summed E-state index contributed by atoms with van der Waals surface area (Å²) in [6.07, 6.45) is 0.574. The summed E-state index contributed by atoms with van der Waals surface area (Å²) in [5, 5.41) is -1.08. The number of Topliss-reactive ketones (excluding diaryl/α,β-unsaturated/α-hetero) is 2. The van der Waals surface area contributed by atoms with E-state index in [1.165, 1.54) is 0 Å². The Morgan fingerprint density at radius 3 is 2.10 bits per heavy atom. The quantitative estimate of drug-likeness (QED) is 0.793. The van der Waals surface area contributed by atoms with E-state index in [2.05, 4.69) is 0 Å². The van der Waals surface area contributed by atoms with Crippen LogP contribution >= 0.6 is 34.8 Å². The Balaban J connectivity index is 2.06. The van der Waals surface area contributed by atoms with Gasteiger partial charge < -0.3 is 4.74 Å². The molecule has 20 heavy (non-hydrogen) atoms. The number of hydrogen-bond acceptors (Lipinski definition) is 3. The first-order valence-corrected chi connectivity index (χ1v) is 6.87. The van der Waals surface area contributed by atoms with Gasteiger partial charge in [0.1, 0.15) is 15.1 Å². The highest BCUT2D eigenvalue weighted by Gasteiger charge is 2.33. The van der Waals surface area contributed by atoms with Crippen LogP contribution in [0.25, 0.3) is 0 Å². The Kier molecular flexibility index (Phi) is 4.86. The van der Waals surface area contributed by atoms with E-state index in [0.717, 1.165) is 5.56 Å². The lowest BCUT2D eigenvalue weighted by Crippen LogP contribution is -2.20. The summed E-state index contributed by atoms with van der Waals surface area (Å²) < 4.78 is 5.30. The standard InChI is InChI=1S/C14H9Cl3O3/c15-9-10(16)13(19)14(11(17)12(9)18)20-7-6-8-4-2-1-3-5-8/h1-5H,6-7H2. The van der Waals surface area contributed by atoms with Gasteiger partial charge in [0.15, 0.2) is 5.76 Å². The molecule has 104 valence electrons. The van der Waals surface area contributed by atoms with Crippen molar-refractivity contribution in [1.29, 1.82) is 0 Å². The van der Waals surface area contributed by atoms with Crippen molar-refractivity contribution in [2.75, 3.05) is 6.61 Å². The fraction of sp³-hybridized carbons (Fsp3) is 0.143. The molecule has 6 heteroatoms. The van der Waals surface area contributed by atoms with Crippen molar-refractivity contribution in [2.24, 2.45) is 0 Å². The van der Waals surface area contributed by atoms with E-state index in [1.54, 1.807) is 0 Å². The van der Waals surface area contributed by atoms with Crippen LogP contribution in [0.15, 0.2) is 51.2 Å². The molecule has 1 aromatic carbocycles. The van der Waals surface area contributed by atoms with Crippen molar-refractivity contribution in [3.63, 3.8) is 0 Å². The highest BCUT2D eigenvalue weighted by Crippen LogP contribution is 2.31. The Morgan fingerprint density at radius 2 is 1.45 bits per heavy atom. The van der Waals surface area contributed by atoms with Crippen LogP contribution in [0.4, 0.5) is 0 Å². The summed E-state index contributed by atoms with van der Waals surface area (Å²) in [4.78, 5) is 23.5. The second kappa shape index (κ2) is 6.44. The first kappa shape index (κ1) is 15.1. The van der Waals surface area contributed by atoms with Crippen LogP contribution in [0.1, 0.15) is 5.56 Å². The minimum Gasteiger partial charge on any atom is -0.488 e. The van der Waals surface area contributed by atoms with Crippen LogP contribution in [0.3, 0.4) is 0 Å². The summed E-state index contributed by atoms with van der Waals surface area (Å²) in [6.45, 7) is 0.205. The number of carbonyl (C=O) groups excluding carboxylic acids is 2. The van der Waals surface area contributed by atoms with Crippen LogP contribution in [0.5, 0.6) is 0 Å². The van der Waals surface area contributed by atoms with E-state index in [4.69, 9.17) is 39.5 Å². The maximum Gasteiger partial charge on any atom is 0.242 e. The zero-order valence-corrected chi connectivity index (χ0v) is 12.4. The molecule has 0 N–H and O–H groups in total. The molecule has 0 fully saturated rings. The van der Waals surface area contributed by atoms with Gasteiger partial charge in [0.2, 0.25) is 11.6 Å². The second-order valence-corrected chi connectivity index (χ2v) is 5.15. The van der Waals surface area contributed by atoms with E-state index in [1.807, 2.05) is 30.3 Å². The van der Waals surface area contributed by atoms with Crippen molar-refractivity contribution in [3.05, 3.63) is 56.8 Å². The summed E-state index contributed by atoms with van der Waals surface area (Å²) in [7, 11) is 0. The van der Waals surface area contributed by atoms with Crippen LogP contribution < -0.4 is 0 Å². The highest BCUT2D eigenvalue weighted by molar-refractivity contribution is 6.64. The maximum absolute atomic E-state index is 11.8. The third kappa shape index (κ3) is 3.06. The van der Waals surface area contributed by atoms with Gasteiger partial charge in [-0.2, -0.15) is 0 Å². The molecule has 0 aliphatic heterocycles. The van der Waals surface area contributed by atoms with Crippen LogP contribution in [-0.4, -0.2) is 18.2 Å². The fourth-order valence-electron chi connectivity index (χ4n) is 1.64. The number of ether oxygens (including phenoxy) is 1. The fourth-order valence-corrected chi connectivity index (χ4v) is 2.28. The highest BCUT2D eigenvalue weighted by atomic mass is 35.5. The molecule has 0 atom stereocenters. The zero-order chi connectivity index (χ0) is 14.7. The number of rotatable bonds is 4. The molecular formula is C14H9Cl3O3. The van der Waals surface area contributed by atoms with E-state index in [9.17, 15) is 9.59 Å². The van der Waals surface area contributed by atoms with Gasteiger partial charge in [-0.15, -0.1) is 0 Å². The van der Waals surface area contributed by atoms with Gasteiger partial charge in [-0.3, -0.25) is 9.59 Å². The van der Waals surface area contributed by atoms with Crippen molar-refractivity contribution >= 4 is 46.4 Å². The van der Waals surface area contributed by atoms with Crippen LogP contribution in [0, 0.1) is 0 Å². The van der Waals surface area contributed by atoms with Gasteiger partial charge in [0.05, 0.1) is 6.61 Å². The Hall–Kier alpha value is -1.29. The molecule has 0 bridgehead atoms. The van der Waals surface area contributed by atoms with Crippen molar-refractivity contribution in [3.8, 4) is 0 Å². The number of benzene rings is 1. The normalized spacial score (nSPS) is 15.9. The third-order valence-corrected chi connectivity index (χ3v) is 3.84. The van der Waals surface area contributed by atoms with E-state index >= 15 is 0 Å². The lowest BCUT2D eigenvalue weighted by Gasteiger charge is -2.15. The van der Waals surface area contributed by atoms with Gasteiger partial charge in [0.25, 0.3) is 0 Å². The average molecular weight is 332 g/mol. The Morgan fingerprint density at radius 1 is 0.850 bits per heavy atom. The number of carbonyl (C=O) groups is 2. The Labute approximate surface area is 130 Å². The summed E-state index contributed by atoms with van der Waals surface area (Å²) >= 11 is 17.1.